The van der Waals surface area contributed by atoms with Crippen molar-refractivity contribution in [2.75, 3.05) is 6.54 Å². The number of nitrogens with zero attached hydrogens (tertiary/aromatic N) is 4. The predicted molar refractivity (Wildman–Crippen MR) is 94.7 cm³/mol. The zero-order valence-electron chi connectivity index (χ0n) is 14.3. The quantitative estimate of drug-likeness (QED) is 0.823. The van der Waals surface area contributed by atoms with Crippen LogP contribution >= 0.6 is 0 Å². The number of amides is 1. The first-order chi connectivity index (χ1) is 12.3. The first-order valence-corrected chi connectivity index (χ1v) is 9.08. The van der Waals surface area contributed by atoms with E-state index in [0.29, 0.717) is 19.0 Å². The lowest BCUT2D eigenvalue weighted by Gasteiger charge is -2.17. The smallest absolute Gasteiger partial charge is 0.223 e. The van der Waals surface area contributed by atoms with Crippen LogP contribution in [-0.2, 0) is 11.3 Å². The molecule has 0 bridgehead atoms. The molecule has 0 aromatic carbocycles. The third-order valence-electron chi connectivity index (χ3n) is 4.90. The Morgan fingerprint density at radius 2 is 2.12 bits per heavy atom. The molecule has 0 radical (unpaired) electrons. The summed E-state index contributed by atoms with van der Waals surface area (Å²) in [5.41, 5.74) is 2.90. The summed E-state index contributed by atoms with van der Waals surface area (Å²) in [6.07, 6.45) is 14.6. The fourth-order valence-corrected chi connectivity index (χ4v) is 3.34. The first kappa shape index (κ1) is 16.0. The van der Waals surface area contributed by atoms with Crippen molar-refractivity contribution in [1.29, 1.82) is 0 Å². The maximum Gasteiger partial charge on any atom is 0.223 e. The Labute approximate surface area is 147 Å². The molecule has 2 aliphatic rings. The molecule has 130 valence electrons. The largest absolute Gasteiger partial charge is 0.354 e. The van der Waals surface area contributed by atoms with Gasteiger partial charge in [0.1, 0.15) is 11.4 Å². The van der Waals surface area contributed by atoms with Crippen molar-refractivity contribution in [2.45, 2.75) is 44.6 Å². The lowest BCUT2D eigenvalue weighted by atomic mass is 9.94. The van der Waals surface area contributed by atoms with E-state index in [1.54, 1.807) is 18.6 Å². The SMILES string of the molecule is O=C(NCCn1nc(-c2cnccn2)cc1C1CC1)[C@H]1CC=CCC1. The molecule has 1 saturated carbocycles. The molecule has 0 spiro atoms. The van der Waals surface area contributed by atoms with E-state index in [2.05, 4.69) is 33.5 Å². The lowest BCUT2D eigenvalue weighted by Crippen LogP contribution is -2.33. The molecule has 0 aliphatic heterocycles. The Morgan fingerprint density at radius 3 is 2.84 bits per heavy atom. The summed E-state index contributed by atoms with van der Waals surface area (Å²) in [5.74, 6) is 0.886. The minimum atomic E-state index is 0.126. The van der Waals surface area contributed by atoms with Crippen LogP contribution in [0.25, 0.3) is 11.4 Å². The van der Waals surface area contributed by atoms with Crippen LogP contribution in [0.15, 0.2) is 36.8 Å². The Balaban J connectivity index is 1.40. The molecule has 2 aromatic rings. The molecule has 6 nitrogen and oxygen atoms in total. The maximum absolute atomic E-state index is 12.3. The van der Waals surface area contributed by atoms with Gasteiger partial charge < -0.3 is 5.32 Å². The third-order valence-corrected chi connectivity index (χ3v) is 4.90. The van der Waals surface area contributed by atoms with Gasteiger partial charge in [-0.05, 0) is 38.2 Å². The fourth-order valence-electron chi connectivity index (χ4n) is 3.34. The summed E-state index contributed by atoms with van der Waals surface area (Å²) in [7, 11) is 0. The van der Waals surface area contributed by atoms with E-state index >= 15 is 0 Å². The van der Waals surface area contributed by atoms with E-state index in [-0.39, 0.29) is 11.8 Å². The topological polar surface area (TPSA) is 72.7 Å². The van der Waals surface area contributed by atoms with Crippen molar-refractivity contribution in [2.24, 2.45) is 5.92 Å². The van der Waals surface area contributed by atoms with Gasteiger partial charge in [0, 0.05) is 36.5 Å². The number of hydrogen-bond donors (Lipinski definition) is 1. The first-order valence-electron chi connectivity index (χ1n) is 9.08. The van der Waals surface area contributed by atoms with E-state index in [4.69, 9.17) is 5.10 Å². The van der Waals surface area contributed by atoms with Crippen LogP contribution in [0, 0.1) is 5.92 Å². The number of nitrogens with one attached hydrogen (secondary N) is 1. The standard InChI is InChI=1S/C19H23N5O/c25-19(15-4-2-1-3-5-15)22-10-11-24-18(14-6-7-14)12-16(23-24)17-13-20-8-9-21-17/h1-2,8-9,12-15H,3-7,10-11H2,(H,22,25)/t15-/m0/s1. The molecule has 0 saturated heterocycles. The summed E-state index contributed by atoms with van der Waals surface area (Å²) in [5, 5.41) is 7.78. The second-order valence-electron chi connectivity index (χ2n) is 6.81. The van der Waals surface area contributed by atoms with Crippen LogP contribution in [0.3, 0.4) is 0 Å². The van der Waals surface area contributed by atoms with Gasteiger partial charge in [-0.2, -0.15) is 5.10 Å². The summed E-state index contributed by atoms with van der Waals surface area (Å²) >= 11 is 0. The minimum absolute atomic E-state index is 0.126. The Morgan fingerprint density at radius 1 is 1.20 bits per heavy atom. The van der Waals surface area contributed by atoms with Crippen molar-refractivity contribution in [3.8, 4) is 11.4 Å². The zero-order chi connectivity index (χ0) is 17.1. The zero-order valence-corrected chi connectivity index (χ0v) is 14.3. The summed E-state index contributed by atoms with van der Waals surface area (Å²) in [4.78, 5) is 20.7. The van der Waals surface area contributed by atoms with E-state index in [9.17, 15) is 4.79 Å². The molecule has 2 aliphatic carbocycles. The summed E-state index contributed by atoms with van der Waals surface area (Å²) < 4.78 is 2.03. The third kappa shape index (κ3) is 3.78. The number of carbonyl (C=O) groups is 1. The molecule has 2 heterocycles. The van der Waals surface area contributed by atoms with E-state index < -0.39 is 0 Å². The van der Waals surface area contributed by atoms with Gasteiger partial charge in [0.2, 0.25) is 5.91 Å². The number of rotatable bonds is 6. The van der Waals surface area contributed by atoms with Crippen LogP contribution in [0.5, 0.6) is 0 Å². The number of hydrogen-bond acceptors (Lipinski definition) is 4. The molecular weight excluding hydrogens is 314 g/mol. The van der Waals surface area contributed by atoms with Gasteiger partial charge in [-0.3, -0.25) is 19.4 Å². The van der Waals surface area contributed by atoms with E-state index in [1.807, 2.05) is 4.68 Å². The normalized spacial score (nSPS) is 19.8. The van der Waals surface area contributed by atoms with Crippen LogP contribution in [0.1, 0.15) is 43.7 Å². The molecule has 2 aromatic heterocycles. The molecule has 1 N–H and O–H groups in total. The van der Waals surface area contributed by atoms with Gasteiger partial charge in [0.25, 0.3) is 0 Å². The molecule has 1 fully saturated rings. The Hall–Kier alpha value is -2.50. The van der Waals surface area contributed by atoms with Gasteiger partial charge >= 0.3 is 0 Å². The van der Waals surface area contributed by atoms with Crippen LogP contribution < -0.4 is 5.32 Å². The molecule has 0 unspecified atom stereocenters. The van der Waals surface area contributed by atoms with Gasteiger partial charge in [0.15, 0.2) is 0 Å². The van der Waals surface area contributed by atoms with E-state index in [1.165, 1.54) is 18.5 Å². The second kappa shape index (κ2) is 7.17. The molecule has 4 rings (SSSR count). The van der Waals surface area contributed by atoms with Crippen molar-refractivity contribution < 1.29 is 4.79 Å². The average molecular weight is 337 g/mol. The van der Waals surface area contributed by atoms with Gasteiger partial charge in [0.05, 0.1) is 12.7 Å². The molecule has 6 heteroatoms. The van der Waals surface area contributed by atoms with Crippen LogP contribution in [0.2, 0.25) is 0 Å². The van der Waals surface area contributed by atoms with Gasteiger partial charge in [-0.25, -0.2) is 0 Å². The second-order valence-corrected chi connectivity index (χ2v) is 6.81. The molecule has 25 heavy (non-hydrogen) atoms. The van der Waals surface area contributed by atoms with E-state index in [0.717, 1.165) is 30.7 Å². The Kier molecular flexibility index (Phi) is 4.59. The lowest BCUT2D eigenvalue weighted by molar-refractivity contribution is -0.125. The highest BCUT2D eigenvalue weighted by atomic mass is 16.1. The monoisotopic (exact) mass is 337 g/mol. The highest BCUT2D eigenvalue weighted by Crippen LogP contribution is 2.41. The minimum Gasteiger partial charge on any atom is -0.354 e. The number of aromatic nitrogens is 4. The summed E-state index contributed by atoms with van der Waals surface area (Å²) in [6.45, 7) is 1.31. The van der Waals surface area contributed by atoms with Crippen molar-refractivity contribution in [1.82, 2.24) is 25.1 Å². The predicted octanol–water partition coefficient (Wildman–Crippen LogP) is 2.69. The molecular formula is C19H23N5O. The van der Waals surface area contributed by atoms with Crippen LogP contribution in [-0.4, -0.2) is 32.2 Å². The van der Waals surface area contributed by atoms with Crippen molar-refractivity contribution in [3.63, 3.8) is 0 Å². The Bertz CT molecular complexity index is 763. The van der Waals surface area contributed by atoms with Crippen molar-refractivity contribution >= 4 is 5.91 Å². The summed E-state index contributed by atoms with van der Waals surface area (Å²) in [6, 6.07) is 2.12. The van der Waals surface area contributed by atoms with Crippen molar-refractivity contribution in [3.05, 3.63) is 42.5 Å². The molecule has 1 atom stereocenters. The van der Waals surface area contributed by atoms with Crippen LogP contribution in [0.4, 0.5) is 0 Å². The number of allylic oxidation sites excluding steroid dienone is 2. The molecule has 1 amide bonds. The number of carbonyl (C=O) groups excluding carboxylic acids is 1. The van der Waals surface area contributed by atoms with Gasteiger partial charge in [-0.15, -0.1) is 0 Å². The highest BCUT2D eigenvalue weighted by molar-refractivity contribution is 5.78. The van der Waals surface area contributed by atoms with Gasteiger partial charge in [-0.1, -0.05) is 12.2 Å². The highest BCUT2D eigenvalue weighted by Gasteiger charge is 2.28. The maximum atomic E-state index is 12.3. The average Bonchev–Trinajstić information content (AvgIpc) is 3.43. The fraction of sp³-hybridized carbons (Fsp3) is 0.474.